The molecule has 0 aliphatic rings. The maximum Gasteiger partial charge on any atom is 0.141 e. The molecule has 0 spiro atoms. The first kappa shape index (κ1) is 14.6. The molecule has 0 saturated carbocycles. The molecular formula is C17H18N2S. The van der Waals surface area contributed by atoms with Crippen molar-refractivity contribution in [1.82, 2.24) is 5.32 Å². The molecule has 0 bridgehead atoms. The molecule has 1 N–H and O–H groups in total. The third-order valence-corrected chi connectivity index (χ3v) is 4.32. The van der Waals surface area contributed by atoms with Crippen LogP contribution in [0.3, 0.4) is 0 Å². The highest BCUT2D eigenvalue weighted by Gasteiger charge is 2.31. The first-order valence-electron chi connectivity index (χ1n) is 6.70. The van der Waals surface area contributed by atoms with Gasteiger partial charge in [-0.3, -0.25) is 5.32 Å². The second-order valence-corrected chi connectivity index (χ2v) is 5.56. The quantitative estimate of drug-likeness (QED) is 0.818. The van der Waals surface area contributed by atoms with E-state index in [9.17, 15) is 5.26 Å². The summed E-state index contributed by atoms with van der Waals surface area (Å²) in [5.74, 6) is 0.686. The highest BCUT2D eigenvalue weighted by molar-refractivity contribution is 7.99. The molecule has 0 saturated heterocycles. The Labute approximate surface area is 124 Å². The molecule has 0 radical (unpaired) electrons. The van der Waals surface area contributed by atoms with Gasteiger partial charge >= 0.3 is 0 Å². The first-order chi connectivity index (χ1) is 9.80. The second-order valence-electron chi connectivity index (χ2n) is 4.52. The third kappa shape index (κ3) is 3.41. The Morgan fingerprint density at radius 2 is 1.65 bits per heavy atom. The van der Waals surface area contributed by atoms with Gasteiger partial charge in [0, 0.05) is 10.6 Å². The van der Waals surface area contributed by atoms with Crippen molar-refractivity contribution >= 4 is 11.8 Å². The lowest BCUT2D eigenvalue weighted by molar-refractivity contribution is 0.490. The zero-order valence-corrected chi connectivity index (χ0v) is 12.4. The van der Waals surface area contributed by atoms with Crippen molar-refractivity contribution < 1.29 is 0 Å². The zero-order valence-electron chi connectivity index (χ0n) is 11.5. The number of nitrogens with one attached hydrogen (secondary N) is 1. The summed E-state index contributed by atoms with van der Waals surface area (Å²) in [6.45, 7) is 2.79. The molecular weight excluding hydrogens is 264 g/mol. The second kappa shape index (κ2) is 7.14. The van der Waals surface area contributed by atoms with E-state index >= 15 is 0 Å². The van der Waals surface area contributed by atoms with Gasteiger partial charge in [0.1, 0.15) is 5.54 Å². The Morgan fingerprint density at radius 1 is 1.05 bits per heavy atom. The molecule has 3 heteroatoms. The predicted octanol–water partition coefficient (Wildman–Crippen LogP) is 3.81. The molecule has 1 atom stereocenters. The number of nitriles is 1. The number of benzene rings is 2. The number of rotatable bonds is 6. The van der Waals surface area contributed by atoms with Crippen LogP contribution < -0.4 is 5.32 Å². The minimum Gasteiger partial charge on any atom is -0.295 e. The van der Waals surface area contributed by atoms with Gasteiger partial charge in [-0.15, -0.1) is 11.8 Å². The van der Waals surface area contributed by atoms with Gasteiger partial charge in [-0.2, -0.15) is 5.26 Å². The smallest absolute Gasteiger partial charge is 0.141 e. The molecule has 0 aliphatic heterocycles. The molecule has 0 heterocycles. The van der Waals surface area contributed by atoms with Crippen LogP contribution in [0.25, 0.3) is 0 Å². The lowest BCUT2D eigenvalue weighted by Gasteiger charge is -2.27. The molecule has 2 aromatic rings. The largest absolute Gasteiger partial charge is 0.295 e. The van der Waals surface area contributed by atoms with Gasteiger partial charge in [0.2, 0.25) is 0 Å². The topological polar surface area (TPSA) is 35.8 Å². The van der Waals surface area contributed by atoms with Crippen LogP contribution in [0.1, 0.15) is 12.5 Å². The van der Waals surface area contributed by atoms with Gasteiger partial charge < -0.3 is 0 Å². The lowest BCUT2D eigenvalue weighted by Crippen LogP contribution is -2.43. The average Bonchev–Trinajstić information content (AvgIpc) is 2.53. The fourth-order valence-corrected chi connectivity index (χ4v) is 3.17. The van der Waals surface area contributed by atoms with E-state index < -0.39 is 5.54 Å². The fourth-order valence-electron chi connectivity index (χ4n) is 2.11. The summed E-state index contributed by atoms with van der Waals surface area (Å²) >= 11 is 1.70. The van der Waals surface area contributed by atoms with Crippen molar-refractivity contribution in [1.29, 1.82) is 5.26 Å². The molecule has 0 fully saturated rings. The van der Waals surface area contributed by atoms with Crippen LogP contribution in [0.15, 0.2) is 65.6 Å². The van der Waals surface area contributed by atoms with Gasteiger partial charge in [0.25, 0.3) is 0 Å². The monoisotopic (exact) mass is 282 g/mol. The van der Waals surface area contributed by atoms with Crippen molar-refractivity contribution in [2.45, 2.75) is 17.4 Å². The van der Waals surface area contributed by atoms with Gasteiger partial charge in [-0.05, 0) is 24.2 Å². The Balaban J connectivity index is 2.22. The molecule has 2 nitrogen and oxygen atoms in total. The van der Waals surface area contributed by atoms with Crippen molar-refractivity contribution in [2.24, 2.45) is 0 Å². The fraction of sp³-hybridized carbons (Fsp3) is 0.235. The molecule has 1 unspecified atom stereocenters. The van der Waals surface area contributed by atoms with E-state index in [0.29, 0.717) is 5.75 Å². The van der Waals surface area contributed by atoms with Gasteiger partial charge in [0.05, 0.1) is 6.07 Å². The zero-order chi connectivity index (χ0) is 14.3. The normalized spacial score (nSPS) is 13.4. The average molecular weight is 282 g/mol. The molecule has 2 rings (SSSR count). The maximum absolute atomic E-state index is 9.71. The summed E-state index contributed by atoms with van der Waals surface area (Å²) in [7, 11) is 0. The van der Waals surface area contributed by atoms with Gasteiger partial charge in [-0.25, -0.2) is 0 Å². The summed E-state index contributed by atoms with van der Waals surface area (Å²) in [4.78, 5) is 1.18. The van der Waals surface area contributed by atoms with E-state index in [2.05, 4.69) is 23.5 Å². The summed E-state index contributed by atoms with van der Waals surface area (Å²) in [6.07, 6.45) is 0. The van der Waals surface area contributed by atoms with E-state index in [0.717, 1.165) is 12.1 Å². The van der Waals surface area contributed by atoms with E-state index in [1.807, 2.05) is 55.5 Å². The number of thioether (sulfide) groups is 1. The lowest BCUT2D eigenvalue weighted by atomic mass is 9.93. The minimum atomic E-state index is -0.642. The summed E-state index contributed by atoms with van der Waals surface area (Å²) < 4.78 is 0. The molecule has 102 valence electrons. The molecule has 0 amide bonds. The Hall–Kier alpha value is -1.76. The number of hydrogen-bond donors (Lipinski definition) is 1. The van der Waals surface area contributed by atoms with Crippen LogP contribution in [-0.4, -0.2) is 12.3 Å². The molecule has 2 aromatic carbocycles. The van der Waals surface area contributed by atoms with Crippen molar-refractivity contribution in [3.63, 3.8) is 0 Å². The number of hydrogen-bond acceptors (Lipinski definition) is 3. The van der Waals surface area contributed by atoms with Crippen LogP contribution in [0.2, 0.25) is 0 Å². The standard InChI is InChI=1S/C17H18N2S/c1-2-19-17(13-18,15-9-5-3-6-10-15)14-20-16-11-7-4-8-12-16/h3-12,19H,2,14H2,1H3. The van der Waals surface area contributed by atoms with E-state index in [-0.39, 0.29) is 0 Å². The summed E-state index contributed by atoms with van der Waals surface area (Å²) in [6, 6.07) is 22.6. The van der Waals surface area contributed by atoms with E-state index in [1.54, 1.807) is 11.8 Å². The molecule has 0 aliphatic carbocycles. The van der Waals surface area contributed by atoms with Crippen LogP contribution in [0.4, 0.5) is 0 Å². The van der Waals surface area contributed by atoms with Gasteiger partial charge in [-0.1, -0.05) is 55.5 Å². The molecule has 20 heavy (non-hydrogen) atoms. The van der Waals surface area contributed by atoms with Gasteiger partial charge in [0.15, 0.2) is 0 Å². The van der Waals surface area contributed by atoms with Crippen LogP contribution in [0, 0.1) is 11.3 Å². The third-order valence-electron chi connectivity index (χ3n) is 3.13. The van der Waals surface area contributed by atoms with Crippen molar-refractivity contribution in [2.75, 3.05) is 12.3 Å². The van der Waals surface area contributed by atoms with Crippen LogP contribution >= 0.6 is 11.8 Å². The predicted molar refractivity (Wildman–Crippen MR) is 84.6 cm³/mol. The molecule has 0 aromatic heterocycles. The maximum atomic E-state index is 9.71. The summed E-state index contributed by atoms with van der Waals surface area (Å²) in [5.41, 5.74) is 0.379. The Kier molecular flexibility index (Phi) is 5.23. The number of nitrogens with zero attached hydrogens (tertiary/aromatic N) is 1. The summed E-state index contributed by atoms with van der Waals surface area (Å²) in [5, 5.41) is 13.1. The first-order valence-corrected chi connectivity index (χ1v) is 7.69. The van der Waals surface area contributed by atoms with Crippen LogP contribution in [-0.2, 0) is 5.54 Å². The van der Waals surface area contributed by atoms with E-state index in [4.69, 9.17) is 0 Å². The highest BCUT2D eigenvalue weighted by atomic mass is 32.2. The van der Waals surface area contributed by atoms with Crippen molar-refractivity contribution in [3.05, 3.63) is 66.2 Å². The Bertz CT molecular complexity index is 563. The van der Waals surface area contributed by atoms with Crippen LogP contribution in [0.5, 0.6) is 0 Å². The SMILES string of the molecule is CCNC(C#N)(CSc1ccccc1)c1ccccc1. The highest BCUT2D eigenvalue weighted by Crippen LogP contribution is 2.29. The Morgan fingerprint density at radius 3 is 2.20 bits per heavy atom. The van der Waals surface area contributed by atoms with E-state index in [1.165, 1.54) is 4.90 Å². The minimum absolute atomic E-state index is 0.642. The van der Waals surface area contributed by atoms with Crippen molar-refractivity contribution in [3.8, 4) is 6.07 Å².